The van der Waals surface area contributed by atoms with E-state index in [1.54, 1.807) is 0 Å². The van der Waals surface area contributed by atoms with E-state index in [1.165, 1.54) is 31.2 Å². The molecule has 0 unspecified atom stereocenters. The molecule has 1 fully saturated rings. The van der Waals surface area contributed by atoms with E-state index < -0.39 is 0 Å². The summed E-state index contributed by atoms with van der Waals surface area (Å²) in [5, 5.41) is 0. The second-order valence-corrected chi connectivity index (χ2v) is 6.56. The third-order valence-corrected chi connectivity index (χ3v) is 4.20. The maximum atomic E-state index is 5.98. The predicted molar refractivity (Wildman–Crippen MR) is 89.5 cm³/mol. The second kappa shape index (κ2) is 7.69. The number of hydrogen-bond donors (Lipinski definition) is 1. The highest BCUT2D eigenvalue weighted by atomic mass is 16.5. The Hall–Kier alpha value is -1.22. The summed E-state index contributed by atoms with van der Waals surface area (Å²) < 4.78 is 5.78. The summed E-state index contributed by atoms with van der Waals surface area (Å²) in [5.74, 6) is 1.67. The minimum absolute atomic E-state index is 0.683. The molecule has 0 aliphatic heterocycles. The van der Waals surface area contributed by atoms with Crippen molar-refractivity contribution < 1.29 is 4.74 Å². The van der Waals surface area contributed by atoms with Crippen LogP contribution in [0.1, 0.15) is 52.0 Å². The third kappa shape index (κ3) is 4.63. The van der Waals surface area contributed by atoms with Crippen molar-refractivity contribution in [3.05, 3.63) is 23.8 Å². The van der Waals surface area contributed by atoms with Crippen molar-refractivity contribution >= 4 is 5.69 Å². The molecule has 0 amide bonds. The van der Waals surface area contributed by atoms with E-state index in [2.05, 4.69) is 24.8 Å². The molecule has 0 heterocycles. The Morgan fingerprint density at radius 2 is 2.00 bits per heavy atom. The fraction of sp³-hybridized carbons (Fsp3) is 0.667. The van der Waals surface area contributed by atoms with Crippen LogP contribution < -0.4 is 10.5 Å². The van der Waals surface area contributed by atoms with Crippen LogP contribution in [-0.4, -0.2) is 24.1 Å². The van der Waals surface area contributed by atoms with Crippen LogP contribution >= 0.6 is 0 Å². The lowest BCUT2D eigenvalue weighted by atomic mass is 10.1. The lowest BCUT2D eigenvalue weighted by Crippen LogP contribution is -2.35. The smallest absolute Gasteiger partial charge is 0.123 e. The Bertz CT molecular complexity index is 439. The summed E-state index contributed by atoms with van der Waals surface area (Å²) in [5.41, 5.74) is 8.03. The third-order valence-electron chi connectivity index (χ3n) is 4.20. The molecule has 3 nitrogen and oxygen atoms in total. The van der Waals surface area contributed by atoms with Crippen molar-refractivity contribution in [3.63, 3.8) is 0 Å². The first kappa shape index (κ1) is 16.2. The van der Waals surface area contributed by atoms with Crippen LogP contribution in [0.4, 0.5) is 5.69 Å². The fourth-order valence-corrected chi connectivity index (χ4v) is 3.32. The standard InChI is InChI=1S/C18H30N2O/c1-4-21-18-10-9-16(19)11-15(18)13-20(12-14(2)3)17-7-5-6-8-17/h9-11,14,17H,4-8,12-13,19H2,1-3H3. The van der Waals surface area contributed by atoms with E-state index in [1.807, 2.05) is 19.1 Å². The number of ether oxygens (including phenoxy) is 1. The number of hydrogen-bond acceptors (Lipinski definition) is 3. The van der Waals surface area contributed by atoms with E-state index in [-0.39, 0.29) is 0 Å². The van der Waals surface area contributed by atoms with Gasteiger partial charge in [-0.3, -0.25) is 4.90 Å². The van der Waals surface area contributed by atoms with Crippen LogP contribution in [0.5, 0.6) is 5.75 Å². The Balaban J connectivity index is 2.16. The van der Waals surface area contributed by atoms with Gasteiger partial charge in [0.15, 0.2) is 0 Å². The molecule has 2 N–H and O–H groups in total. The Morgan fingerprint density at radius 3 is 2.62 bits per heavy atom. The molecule has 0 atom stereocenters. The minimum atomic E-state index is 0.683. The second-order valence-electron chi connectivity index (χ2n) is 6.56. The highest BCUT2D eigenvalue weighted by Crippen LogP contribution is 2.29. The van der Waals surface area contributed by atoms with Gasteiger partial charge in [0.05, 0.1) is 6.61 Å². The average Bonchev–Trinajstić information content (AvgIpc) is 2.94. The van der Waals surface area contributed by atoms with Crippen molar-refractivity contribution in [1.29, 1.82) is 0 Å². The van der Waals surface area contributed by atoms with Crippen LogP contribution in [0, 0.1) is 5.92 Å². The van der Waals surface area contributed by atoms with Gasteiger partial charge in [0.1, 0.15) is 5.75 Å². The molecular formula is C18H30N2O. The molecule has 1 aromatic carbocycles. The minimum Gasteiger partial charge on any atom is -0.494 e. The van der Waals surface area contributed by atoms with Crippen LogP contribution in [0.2, 0.25) is 0 Å². The van der Waals surface area contributed by atoms with Gasteiger partial charge in [0, 0.05) is 30.4 Å². The van der Waals surface area contributed by atoms with E-state index in [0.717, 1.165) is 30.6 Å². The molecule has 1 aliphatic carbocycles. The van der Waals surface area contributed by atoms with Crippen molar-refractivity contribution in [2.45, 2.75) is 59.0 Å². The molecule has 1 saturated carbocycles. The summed E-state index contributed by atoms with van der Waals surface area (Å²) in [6.45, 7) is 9.41. The normalized spacial score (nSPS) is 16.0. The maximum Gasteiger partial charge on any atom is 0.123 e. The summed E-state index contributed by atoms with van der Waals surface area (Å²) in [4.78, 5) is 2.63. The lowest BCUT2D eigenvalue weighted by molar-refractivity contribution is 0.166. The van der Waals surface area contributed by atoms with Crippen molar-refractivity contribution in [2.24, 2.45) is 5.92 Å². The molecule has 0 radical (unpaired) electrons. The zero-order valence-corrected chi connectivity index (χ0v) is 13.8. The zero-order valence-electron chi connectivity index (χ0n) is 13.8. The number of nitrogen functional groups attached to an aromatic ring is 1. The molecule has 0 saturated heterocycles. The van der Waals surface area contributed by atoms with Gasteiger partial charge >= 0.3 is 0 Å². The van der Waals surface area contributed by atoms with E-state index in [9.17, 15) is 0 Å². The molecule has 21 heavy (non-hydrogen) atoms. The number of nitrogens with zero attached hydrogens (tertiary/aromatic N) is 1. The maximum absolute atomic E-state index is 5.98. The zero-order chi connectivity index (χ0) is 15.2. The van der Waals surface area contributed by atoms with Gasteiger partial charge in [-0.15, -0.1) is 0 Å². The van der Waals surface area contributed by atoms with Gasteiger partial charge in [-0.05, 0) is 43.9 Å². The number of nitrogens with two attached hydrogens (primary N) is 1. The molecule has 0 spiro atoms. The Morgan fingerprint density at radius 1 is 1.29 bits per heavy atom. The van der Waals surface area contributed by atoms with E-state index >= 15 is 0 Å². The van der Waals surface area contributed by atoms with Crippen LogP contribution in [0.25, 0.3) is 0 Å². The molecule has 1 aliphatic rings. The summed E-state index contributed by atoms with van der Waals surface area (Å²) in [7, 11) is 0. The first-order chi connectivity index (χ1) is 10.1. The highest BCUT2D eigenvalue weighted by Gasteiger charge is 2.24. The molecular weight excluding hydrogens is 260 g/mol. The lowest BCUT2D eigenvalue weighted by Gasteiger charge is -2.31. The molecule has 0 aromatic heterocycles. The van der Waals surface area contributed by atoms with Gasteiger partial charge < -0.3 is 10.5 Å². The van der Waals surface area contributed by atoms with Gasteiger partial charge in [0.25, 0.3) is 0 Å². The highest BCUT2D eigenvalue weighted by molar-refractivity contribution is 5.47. The van der Waals surface area contributed by atoms with Crippen LogP contribution in [0.15, 0.2) is 18.2 Å². The van der Waals surface area contributed by atoms with Crippen molar-refractivity contribution in [1.82, 2.24) is 4.90 Å². The molecule has 0 bridgehead atoms. The molecule has 1 aromatic rings. The van der Waals surface area contributed by atoms with Gasteiger partial charge in [-0.1, -0.05) is 26.7 Å². The van der Waals surface area contributed by atoms with Crippen molar-refractivity contribution in [2.75, 3.05) is 18.9 Å². The van der Waals surface area contributed by atoms with E-state index in [0.29, 0.717) is 12.5 Å². The van der Waals surface area contributed by atoms with Crippen LogP contribution in [-0.2, 0) is 6.54 Å². The van der Waals surface area contributed by atoms with Crippen LogP contribution in [0.3, 0.4) is 0 Å². The Kier molecular flexibility index (Phi) is 5.92. The van der Waals surface area contributed by atoms with E-state index in [4.69, 9.17) is 10.5 Å². The number of benzene rings is 1. The first-order valence-electron chi connectivity index (χ1n) is 8.35. The summed E-state index contributed by atoms with van der Waals surface area (Å²) in [6, 6.07) is 6.74. The predicted octanol–water partition coefficient (Wildman–Crippen LogP) is 4.07. The first-order valence-corrected chi connectivity index (χ1v) is 8.35. The summed E-state index contributed by atoms with van der Waals surface area (Å²) >= 11 is 0. The quantitative estimate of drug-likeness (QED) is 0.769. The fourth-order valence-electron chi connectivity index (χ4n) is 3.32. The van der Waals surface area contributed by atoms with Gasteiger partial charge in [0.2, 0.25) is 0 Å². The number of rotatable bonds is 7. The summed E-state index contributed by atoms with van der Waals surface area (Å²) in [6.07, 6.45) is 5.40. The Labute approximate surface area is 129 Å². The van der Waals surface area contributed by atoms with Crippen molar-refractivity contribution in [3.8, 4) is 5.75 Å². The SMILES string of the molecule is CCOc1ccc(N)cc1CN(CC(C)C)C1CCCC1. The molecule has 3 heteroatoms. The topological polar surface area (TPSA) is 38.5 Å². The number of anilines is 1. The molecule has 118 valence electrons. The van der Waals surface area contributed by atoms with Gasteiger partial charge in [-0.25, -0.2) is 0 Å². The largest absolute Gasteiger partial charge is 0.494 e. The van der Waals surface area contributed by atoms with Gasteiger partial charge in [-0.2, -0.15) is 0 Å². The average molecular weight is 290 g/mol. The molecule has 2 rings (SSSR count). The monoisotopic (exact) mass is 290 g/mol.